The maximum atomic E-state index is 5.83. The smallest absolute Gasteiger partial charge is 0.127 e. The van der Waals surface area contributed by atoms with Crippen LogP contribution in [0.15, 0.2) is 60.8 Å². The van der Waals surface area contributed by atoms with Crippen molar-refractivity contribution in [2.24, 2.45) is 0 Å². The fraction of sp³-hybridized carbons (Fsp3) is 0.393. The molecule has 0 bridgehead atoms. The van der Waals surface area contributed by atoms with Gasteiger partial charge in [0.15, 0.2) is 0 Å². The standard InChI is InChI=1S/C28H36N2O/c1-6-13-26(23-14-10-9-11-15-23)30(4)20-24-19-29-25(18-27(24)31-5)28-21(7-2)16-12-17-22(28)8-3/h9-12,14-19,26H,6-8,13,20H2,1-5H3. The number of aromatic nitrogens is 1. The van der Waals surface area contributed by atoms with E-state index in [1.165, 1.54) is 22.3 Å². The fourth-order valence-electron chi connectivity index (χ4n) is 4.45. The van der Waals surface area contributed by atoms with E-state index in [0.717, 1.165) is 49.2 Å². The first-order valence-electron chi connectivity index (χ1n) is 11.5. The zero-order chi connectivity index (χ0) is 22.2. The number of nitrogens with zero attached hydrogens (tertiary/aromatic N) is 2. The first-order chi connectivity index (χ1) is 15.1. The summed E-state index contributed by atoms with van der Waals surface area (Å²) in [5.41, 5.74) is 7.43. The van der Waals surface area contributed by atoms with E-state index < -0.39 is 0 Å². The first kappa shape index (κ1) is 23.0. The van der Waals surface area contributed by atoms with E-state index in [9.17, 15) is 0 Å². The van der Waals surface area contributed by atoms with Gasteiger partial charge in [-0.15, -0.1) is 0 Å². The maximum Gasteiger partial charge on any atom is 0.127 e. The van der Waals surface area contributed by atoms with Crippen molar-refractivity contribution in [2.75, 3.05) is 14.2 Å². The topological polar surface area (TPSA) is 25.4 Å². The summed E-state index contributed by atoms with van der Waals surface area (Å²) in [4.78, 5) is 7.31. The summed E-state index contributed by atoms with van der Waals surface area (Å²) in [6, 6.07) is 19.8. The Kier molecular flexibility index (Phi) is 8.25. The third kappa shape index (κ3) is 5.34. The maximum absolute atomic E-state index is 5.83. The zero-order valence-corrected chi connectivity index (χ0v) is 19.7. The molecule has 1 atom stereocenters. The van der Waals surface area contributed by atoms with Crippen molar-refractivity contribution in [3.63, 3.8) is 0 Å². The van der Waals surface area contributed by atoms with Gasteiger partial charge < -0.3 is 4.74 Å². The Morgan fingerprint density at radius 1 is 0.903 bits per heavy atom. The molecule has 0 radical (unpaired) electrons. The van der Waals surface area contributed by atoms with Crippen LogP contribution in [0.1, 0.15) is 61.9 Å². The minimum atomic E-state index is 0.378. The summed E-state index contributed by atoms with van der Waals surface area (Å²) in [6.07, 6.45) is 6.26. The van der Waals surface area contributed by atoms with Gasteiger partial charge in [0.1, 0.15) is 5.75 Å². The third-order valence-corrected chi connectivity index (χ3v) is 6.12. The quantitative estimate of drug-likeness (QED) is 0.361. The van der Waals surface area contributed by atoms with Crippen LogP contribution in [0, 0.1) is 0 Å². The van der Waals surface area contributed by atoms with Crippen LogP contribution in [0.25, 0.3) is 11.3 Å². The summed E-state index contributed by atoms with van der Waals surface area (Å²) in [5.74, 6) is 0.910. The van der Waals surface area contributed by atoms with Crippen LogP contribution in [-0.2, 0) is 19.4 Å². The normalized spacial score (nSPS) is 12.2. The van der Waals surface area contributed by atoms with Crippen LogP contribution in [0.5, 0.6) is 5.75 Å². The van der Waals surface area contributed by atoms with Gasteiger partial charge in [0.2, 0.25) is 0 Å². The molecule has 0 N–H and O–H groups in total. The lowest BCUT2D eigenvalue weighted by molar-refractivity contribution is 0.220. The number of aryl methyl sites for hydroxylation is 2. The van der Waals surface area contributed by atoms with Gasteiger partial charge in [-0.05, 0) is 43.0 Å². The summed E-state index contributed by atoms with van der Waals surface area (Å²) in [7, 11) is 3.96. The molecule has 0 aliphatic heterocycles. The molecule has 3 nitrogen and oxygen atoms in total. The van der Waals surface area contributed by atoms with Gasteiger partial charge in [-0.1, -0.05) is 75.7 Å². The highest BCUT2D eigenvalue weighted by Crippen LogP contribution is 2.33. The van der Waals surface area contributed by atoms with E-state index in [-0.39, 0.29) is 0 Å². The summed E-state index contributed by atoms with van der Waals surface area (Å²) in [6.45, 7) is 7.45. The van der Waals surface area contributed by atoms with E-state index in [4.69, 9.17) is 9.72 Å². The average molecular weight is 417 g/mol. The van der Waals surface area contributed by atoms with Crippen LogP contribution < -0.4 is 4.74 Å². The van der Waals surface area contributed by atoms with E-state index in [1.807, 2.05) is 6.20 Å². The van der Waals surface area contributed by atoms with Gasteiger partial charge in [-0.25, -0.2) is 0 Å². The second-order valence-electron chi connectivity index (χ2n) is 8.17. The van der Waals surface area contributed by atoms with Gasteiger partial charge >= 0.3 is 0 Å². The number of hydrogen-bond donors (Lipinski definition) is 0. The molecule has 31 heavy (non-hydrogen) atoms. The molecule has 1 aromatic heterocycles. The van der Waals surface area contributed by atoms with E-state index in [1.54, 1.807) is 7.11 Å². The highest BCUT2D eigenvalue weighted by molar-refractivity contribution is 5.69. The molecule has 0 amide bonds. The van der Waals surface area contributed by atoms with Crippen molar-refractivity contribution in [2.45, 2.75) is 59.0 Å². The number of pyridine rings is 1. The van der Waals surface area contributed by atoms with Crippen molar-refractivity contribution < 1.29 is 4.74 Å². The molecule has 3 aromatic rings. The molecule has 3 rings (SSSR count). The lowest BCUT2D eigenvalue weighted by atomic mass is 9.94. The van der Waals surface area contributed by atoms with Crippen LogP contribution in [0.3, 0.4) is 0 Å². The predicted octanol–water partition coefficient (Wildman–Crippen LogP) is 6.86. The van der Waals surface area contributed by atoms with Gasteiger partial charge in [-0.2, -0.15) is 0 Å². The summed E-state index contributed by atoms with van der Waals surface area (Å²) >= 11 is 0. The Labute approximate surface area is 188 Å². The van der Waals surface area contributed by atoms with Crippen molar-refractivity contribution in [3.8, 4) is 17.0 Å². The summed E-state index contributed by atoms with van der Waals surface area (Å²) in [5, 5.41) is 0. The molecule has 2 aromatic carbocycles. The Bertz CT molecular complexity index is 946. The molecular weight excluding hydrogens is 380 g/mol. The number of rotatable bonds is 10. The molecule has 1 heterocycles. The Balaban J connectivity index is 1.92. The lowest BCUT2D eigenvalue weighted by Crippen LogP contribution is -2.24. The van der Waals surface area contributed by atoms with E-state index >= 15 is 0 Å². The molecule has 0 spiro atoms. The number of ether oxygens (including phenoxy) is 1. The van der Waals surface area contributed by atoms with E-state index in [0.29, 0.717) is 6.04 Å². The van der Waals surface area contributed by atoms with E-state index in [2.05, 4.69) is 87.3 Å². The molecular formula is C28H36N2O. The molecule has 164 valence electrons. The Hall–Kier alpha value is -2.65. The molecule has 0 saturated carbocycles. The lowest BCUT2D eigenvalue weighted by Gasteiger charge is -2.29. The predicted molar refractivity (Wildman–Crippen MR) is 131 cm³/mol. The monoisotopic (exact) mass is 416 g/mol. The molecule has 0 fully saturated rings. The zero-order valence-electron chi connectivity index (χ0n) is 19.7. The largest absolute Gasteiger partial charge is 0.496 e. The minimum Gasteiger partial charge on any atom is -0.496 e. The number of hydrogen-bond acceptors (Lipinski definition) is 3. The van der Waals surface area contributed by atoms with Crippen LogP contribution >= 0.6 is 0 Å². The highest BCUT2D eigenvalue weighted by Gasteiger charge is 2.19. The molecule has 1 unspecified atom stereocenters. The van der Waals surface area contributed by atoms with Gasteiger partial charge in [0, 0.05) is 36.0 Å². The van der Waals surface area contributed by atoms with Crippen LogP contribution in [-0.4, -0.2) is 24.0 Å². The second-order valence-corrected chi connectivity index (χ2v) is 8.17. The molecule has 3 heteroatoms. The minimum absolute atomic E-state index is 0.378. The SMILES string of the molecule is CCCC(c1ccccc1)N(C)Cc1cnc(-c2c(CC)cccc2CC)cc1OC. The van der Waals surface area contributed by atoms with Crippen molar-refractivity contribution in [3.05, 3.63) is 83.0 Å². The van der Waals surface area contributed by atoms with Gasteiger partial charge in [-0.3, -0.25) is 9.88 Å². The molecule has 0 saturated heterocycles. The van der Waals surface area contributed by atoms with Crippen molar-refractivity contribution in [1.82, 2.24) is 9.88 Å². The van der Waals surface area contributed by atoms with Crippen LogP contribution in [0.2, 0.25) is 0 Å². The first-order valence-corrected chi connectivity index (χ1v) is 11.5. The van der Waals surface area contributed by atoms with Crippen LogP contribution in [0.4, 0.5) is 0 Å². The van der Waals surface area contributed by atoms with Gasteiger partial charge in [0.25, 0.3) is 0 Å². The highest BCUT2D eigenvalue weighted by atomic mass is 16.5. The summed E-state index contributed by atoms with van der Waals surface area (Å²) < 4.78 is 5.83. The number of benzene rings is 2. The third-order valence-electron chi connectivity index (χ3n) is 6.12. The van der Waals surface area contributed by atoms with Gasteiger partial charge in [0.05, 0.1) is 12.8 Å². The Morgan fingerprint density at radius 3 is 2.16 bits per heavy atom. The molecule has 0 aliphatic rings. The average Bonchev–Trinajstić information content (AvgIpc) is 2.82. The van der Waals surface area contributed by atoms with Crippen molar-refractivity contribution >= 4 is 0 Å². The fourth-order valence-corrected chi connectivity index (χ4v) is 4.45. The Morgan fingerprint density at radius 2 is 1.58 bits per heavy atom. The molecule has 0 aliphatic carbocycles. The van der Waals surface area contributed by atoms with Crippen molar-refractivity contribution in [1.29, 1.82) is 0 Å². The second kappa shape index (κ2) is 11.1. The number of methoxy groups -OCH3 is 1.